The molecule has 0 bridgehead atoms. The van der Waals surface area contributed by atoms with Gasteiger partial charge in [-0.2, -0.15) is 0 Å². The van der Waals surface area contributed by atoms with Gasteiger partial charge in [-0.25, -0.2) is 0 Å². The van der Waals surface area contributed by atoms with E-state index in [0.717, 1.165) is 36.4 Å². The largest absolute Gasteiger partial charge is 0.496 e. The fourth-order valence-electron chi connectivity index (χ4n) is 2.46. The summed E-state index contributed by atoms with van der Waals surface area (Å²) < 4.78 is 5.28. The first kappa shape index (κ1) is 13.1. The van der Waals surface area contributed by atoms with Gasteiger partial charge in [0.15, 0.2) is 5.78 Å². The van der Waals surface area contributed by atoms with Crippen molar-refractivity contribution in [1.82, 2.24) is 4.90 Å². The van der Waals surface area contributed by atoms with Crippen LogP contribution in [0.4, 0.5) is 0 Å². The van der Waals surface area contributed by atoms with E-state index < -0.39 is 0 Å². The molecule has 0 aliphatic carbocycles. The molecule has 1 heterocycles. The highest BCUT2D eigenvalue weighted by atomic mass is 16.5. The van der Waals surface area contributed by atoms with Crippen LogP contribution in [0.5, 0.6) is 5.75 Å². The molecule has 0 amide bonds. The number of methoxy groups -OCH3 is 1. The van der Waals surface area contributed by atoms with Gasteiger partial charge in [0, 0.05) is 5.56 Å². The summed E-state index contributed by atoms with van der Waals surface area (Å²) in [6.07, 6.45) is 3.32. The van der Waals surface area contributed by atoms with Crippen LogP contribution in [0.15, 0.2) is 18.2 Å². The third kappa shape index (κ3) is 2.91. The second-order valence-corrected chi connectivity index (χ2v) is 4.79. The Hall–Kier alpha value is -1.35. The summed E-state index contributed by atoms with van der Waals surface area (Å²) in [6.45, 7) is 4.74. The van der Waals surface area contributed by atoms with Crippen LogP contribution in [0.25, 0.3) is 0 Å². The normalized spacial score (nSPS) is 15.9. The van der Waals surface area contributed by atoms with Gasteiger partial charge in [0.1, 0.15) is 5.75 Å². The molecule has 0 unspecified atom stereocenters. The number of nitrogens with zero attached hydrogens (tertiary/aromatic N) is 1. The van der Waals surface area contributed by atoms with E-state index in [1.165, 1.54) is 12.8 Å². The molecule has 18 heavy (non-hydrogen) atoms. The lowest BCUT2D eigenvalue weighted by Crippen LogP contribution is -2.26. The zero-order chi connectivity index (χ0) is 13.0. The Bertz CT molecular complexity index is 423. The molecule has 0 spiro atoms. The minimum Gasteiger partial charge on any atom is -0.496 e. The molecule has 1 aliphatic heterocycles. The van der Waals surface area contributed by atoms with E-state index in [9.17, 15) is 4.79 Å². The van der Waals surface area contributed by atoms with Crippen molar-refractivity contribution in [1.29, 1.82) is 0 Å². The number of hydrogen-bond acceptors (Lipinski definition) is 3. The number of ether oxygens (including phenoxy) is 1. The molecule has 0 radical (unpaired) electrons. The van der Waals surface area contributed by atoms with Gasteiger partial charge in [-0.3, -0.25) is 9.69 Å². The van der Waals surface area contributed by atoms with Gasteiger partial charge in [0.25, 0.3) is 0 Å². The van der Waals surface area contributed by atoms with Crippen LogP contribution in [0, 0.1) is 0 Å². The lowest BCUT2D eigenvalue weighted by atomic mass is 10.0. The predicted molar refractivity (Wildman–Crippen MR) is 72.4 cm³/mol. The number of ketones is 1. The maximum atomic E-state index is 12.2. The van der Waals surface area contributed by atoms with E-state index in [4.69, 9.17) is 4.74 Å². The number of carbonyl (C=O) groups excluding carboxylic acids is 1. The number of carbonyl (C=O) groups is 1. The number of hydrogen-bond donors (Lipinski definition) is 0. The molecule has 1 aliphatic rings. The molecule has 0 N–H and O–H groups in total. The standard InChI is InChI=1S/C15H21NO2/c1-3-12-10-13(6-7-15(12)18-2)14(17)11-16-8-4-5-9-16/h6-7,10H,3-5,8-9,11H2,1-2H3. The molecule has 3 heteroatoms. The molecule has 0 atom stereocenters. The maximum Gasteiger partial charge on any atom is 0.176 e. The minimum absolute atomic E-state index is 0.217. The Balaban J connectivity index is 2.09. The first-order valence-corrected chi connectivity index (χ1v) is 6.67. The average molecular weight is 247 g/mol. The van der Waals surface area contributed by atoms with Crippen molar-refractivity contribution in [2.45, 2.75) is 26.2 Å². The first-order valence-electron chi connectivity index (χ1n) is 6.67. The lowest BCUT2D eigenvalue weighted by molar-refractivity contribution is 0.0945. The van der Waals surface area contributed by atoms with Crippen LogP contribution in [0.3, 0.4) is 0 Å². The predicted octanol–water partition coefficient (Wildman–Crippen LogP) is 2.54. The summed E-state index contributed by atoms with van der Waals surface area (Å²) >= 11 is 0. The van der Waals surface area contributed by atoms with E-state index in [0.29, 0.717) is 6.54 Å². The lowest BCUT2D eigenvalue weighted by Gasteiger charge is -2.14. The Morgan fingerprint density at radius 3 is 2.67 bits per heavy atom. The van der Waals surface area contributed by atoms with Crippen LogP contribution < -0.4 is 4.74 Å². The highest BCUT2D eigenvalue weighted by Gasteiger charge is 2.17. The number of rotatable bonds is 5. The topological polar surface area (TPSA) is 29.5 Å². The number of aryl methyl sites for hydroxylation is 1. The second-order valence-electron chi connectivity index (χ2n) is 4.79. The van der Waals surface area contributed by atoms with Gasteiger partial charge >= 0.3 is 0 Å². The van der Waals surface area contributed by atoms with Crippen molar-refractivity contribution < 1.29 is 9.53 Å². The van der Waals surface area contributed by atoms with Crippen LogP contribution in [-0.4, -0.2) is 37.4 Å². The van der Waals surface area contributed by atoms with Crippen LogP contribution in [0.1, 0.15) is 35.7 Å². The zero-order valence-corrected chi connectivity index (χ0v) is 11.2. The fraction of sp³-hybridized carbons (Fsp3) is 0.533. The van der Waals surface area contributed by atoms with Crippen LogP contribution in [0.2, 0.25) is 0 Å². The Morgan fingerprint density at radius 2 is 2.06 bits per heavy atom. The molecule has 3 nitrogen and oxygen atoms in total. The molecule has 2 rings (SSSR count). The highest BCUT2D eigenvalue weighted by Crippen LogP contribution is 2.21. The number of benzene rings is 1. The molecule has 0 aromatic heterocycles. The Morgan fingerprint density at radius 1 is 1.33 bits per heavy atom. The van der Waals surface area contributed by atoms with Gasteiger partial charge in [0.05, 0.1) is 13.7 Å². The van der Waals surface area contributed by atoms with Gasteiger partial charge in [-0.05, 0) is 56.1 Å². The SMILES string of the molecule is CCc1cc(C(=O)CN2CCCC2)ccc1OC. The van der Waals surface area contributed by atoms with E-state index in [2.05, 4.69) is 11.8 Å². The molecular formula is C15H21NO2. The molecular weight excluding hydrogens is 226 g/mol. The van der Waals surface area contributed by atoms with Crippen molar-refractivity contribution in [3.63, 3.8) is 0 Å². The monoisotopic (exact) mass is 247 g/mol. The maximum absolute atomic E-state index is 12.2. The number of likely N-dealkylation sites (tertiary alicyclic amines) is 1. The summed E-state index contributed by atoms with van der Waals surface area (Å²) in [6, 6.07) is 5.74. The van der Waals surface area contributed by atoms with Crippen LogP contribution >= 0.6 is 0 Å². The summed E-state index contributed by atoms with van der Waals surface area (Å²) in [7, 11) is 1.67. The smallest absolute Gasteiger partial charge is 0.176 e. The molecule has 98 valence electrons. The van der Waals surface area contributed by atoms with E-state index in [1.807, 2.05) is 18.2 Å². The molecule has 1 aromatic carbocycles. The third-order valence-corrected chi connectivity index (χ3v) is 3.55. The van der Waals surface area contributed by atoms with Crippen molar-refractivity contribution in [2.24, 2.45) is 0 Å². The Labute approximate surface area is 109 Å². The van der Waals surface area contributed by atoms with Gasteiger partial charge in [0.2, 0.25) is 0 Å². The molecule has 0 saturated carbocycles. The van der Waals surface area contributed by atoms with E-state index in [-0.39, 0.29) is 5.78 Å². The summed E-state index contributed by atoms with van der Waals surface area (Å²) in [5, 5.41) is 0. The Kier molecular flexibility index (Phi) is 4.37. The van der Waals surface area contributed by atoms with Gasteiger partial charge in [-0.1, -0.05) is 6.92 Å². The summed E-state index contributed by atoms with van der Waals surface area (Å²) in [5.74, 6) is 1.09. The van der Waals surface area contributed by atoms with Crippen molar-refractivity contribution in [3.05, 3.63) is 29.3 Å². The highest BCUT2D eigenvalue weighted by molar-refractivity contribution is 5.98. The average Bonchev–Trinajstić information content (AvgIpc) is 2.90. The quantitative estimate of drug-likeness (QED) is 0.749. The van der Waals surface area contributed by atoms with Crippen molar-refractivity contribution in [2.75, 3.05) is 26.7 Å². The molecule has 1 aromatic rings. The van der Waals surface area contributed by atoms with Crippen LogP contribution in [-0.2, 0) is 6.42 Å². The van der Waals surface area contributed by atoms with Crippen molar-refractivity contribution >= 4 is 5.78 Å². The fourth-order valence-corrected chi connectivity index (χ4v) is 2.46. The van der Waals surface area contributed by atoms with E-state index >= 15 is 0 Å². The number of Topliss-reactive ketones (excluding diaryl/α,β-unsaturated/α-hetero) is 1. The molecule has 1 saturated heterocycles. The second kappa shape index (κ2) is 6.01. The van der Waals surface area contributed by atoms with Gasteiger partial charge in [-0.15, -0.1) is 0 Å². The van der Waals surface area contributed by atoms with E-state index in [1.54, 1.807) is 7.11 Å². The minimum atomic E-state index is 0.217. The van der Waals surface area contributed by atoms with Crippen molar-refractivity contribution in [3.8, 4) is 5.75 Å². The third-order valence-electron chi connectivity index (χ3n) is 3.55. The summed E-state index contributed by atoms with van der Waals surface area (Å²) in [4.78, 5) is 14.4. The zero-order valence-electron chi connectivity index (χ0n) is 11.2. The first-order chi connectivity index (χ1) is 8.74. The molecule has 1 fully saturated rings. The summed E-state index contributed by atoms with van der Waals surface area (Å²) in [5.41, 5.74) is 1.91. The van der Waals surface area contributed by atoms with Gasteiger partial charge < -0.3 is 4.74 Å².